The van der Waals surface area contributed by atoms with Crippen molar-refractivity contribution in [3.8, 4) is 11.5 Å². The van der Waals surface area contributed by atoms with E-state index in [1.807, 2.05) is 0 Å². The van der Waals surface area contributed by atoms with Crippen LogP contribution in [0.1, 0.15) is 54.4 Å². The predicted molar refractivity (Wildman–Crippen MR) is 74.1 cm³/mol. The molecular formula is C14H26OSi. The van der Waals surface area contributed by atoms with Gasteiger partial charge in [0.25, 0.3) is 0 Å². The lowest BCUT2D eigenvalue weighted by Gasteiger charge is -2.38. The third-order valence-electron chi connectivity index (χ3n) is 3.56. The summed E-state index contributed by atoms with van der Waals surface area (Å²) < 4.78 is 0. The van der Waals surface area contributed by atoms with Gasteiger partial charge in [-0.2, -0.15) is 0 Å². The topological polar surface area (TPSA) is 17.1 Å². The summed E-state index contributed by atoms with van der Waals surface area (Å²) in [7, 11) is -1.55. The maximum Gasteiger partial charge on any atom is 0.145 e. The summed E-state index contributed by atoms with van der Waals surface area (Å²) in [4.78, 5) is 10.3. The summed E-state index contributed by atoms with van der Waals surface area (Å²) in [5.74, 6) is 3.25. The van der Waals surface area contributed by atoms with Crippen LogP contribution in [0.15, 0.2) is 0 Å². The number of aldehydes is 1. The Morgan fingerprint density at radius 2 is 1.44 bits per heavy atom. The van der Waals surface area contributed by atoms with Crippen molar-refractivity contribution in [3.63, 3.8) is 0 Å². The molecule has 0 fully saturated rings. The maximum absolute atomic E-state index is 10.3. The third kappa shape index (κ3) is 3.49. The largest absolute Gasteiger partial charge is 0.303 e. The van der Waals surface area contributed by atoms with Crippen molar-refractivity contribution in [2.24, 2.45) is 0 Å². The molecule has 0 unspecified atom stereocenters. The Morgan fingerprint density at radius 1 is 1.00 bits per heavy atom. The summed E-state index contributed by atoms with van der Waals surface area (Å²) in [6, 6.07) is 0. The molecule has 92 valence electrons. The summed E-state index contributed by atoms with van der Waals surface area (Å²) in [5.41, 5.74) is 5.63. The lowest BCUT2D eigenvalue weighted by Crippen LogP contribution is -2.43. The molecule has 0 heterocycles. The third-order valence-corrected chi connectivity index (χ3v) is 9.90. The molecule has 0 atom stereocenters. The van der Waals surface area contributed by atoms with Crippen LogP contribution < -0.4 is 0 Å². The van der Waals surface area contributed by atoms with Gasteiger partial charge in [0.2, 0.25) is 0 Å². The highest BCUT2D eigenvalue weighted by Gasteiger charge is 2.41. The molecule has 0 aliphatic rings. The molecule has 0 aliphatic heterocycles. The van der Waals surface area contributed by atoms with E-state index in [9.17, 15) is 4.79 Å². The van der Waals surface area contributed by atoms with E-state index in [1.54, 1.807) is 0 Å². The van der Waals surface area contributed by atoms with Gasteiger partial charge in [0.15, 0.2) is 0 Å². The number of carbonyl (C=O) groups excluding carboxylic acids is 1. The lowest BCUT2D eigenvalue weighted by atomic mass is 10.3. The second-order valence-corrected chi connectivity index (χ2v) is 11.0. The predicted octanol–water partition coefficient (Wildman–Crippen LogP) is 4.19. The molecule has 16 heavy (non-hydrogen) atoms. The fourth-order valence-electron chi connectivity index (χ4n) is 2.78. The minimum Gasteiger partial charge on any atom is -0.303 e. The standard InChI is InChI=1S/C14H26OSi/c1-12(2)16(13(3)4,14(5)6)11-9-7-8-10-15/h10,12-14H,7-8H2,1-6H3. The first-order chi connectivity index (χ1) is 7.39. The van der Waals surface area contributed by atoms with E-state index >= 15 is 0 Å². The molecule has 0 aromatic rings. The zero-order valence-corrected chi connectivity index (χ0v) is 12.6. The molecule has 1 nitrogen and oxygen atoms in total. The Labute approximate surface area is 102 Å². The Hall–Kier alpha value is -0.553. The van der Waals surface area contributed by atoms with Crippen molar-refractivity contribution >= 4 is 14.4 Å². The first-order valence-corrected chi connectivity index (χ1v) is 8.56. The van der Waals surface area contributed by atoms with Gasteiger partial charge in [-0.1, -0.05) is 41.5 Å². The van der Waals surface area contributed by atoms with Crippen LogP contribution in [0.25, 0.3) is 0 Å². The van der Waals surface area contributed by atoms with Crippen LogP contribution in [0.4, 0.5) is 0 Å². The molecule has 0 aromatic heterocycles. The van der Waals surface area contributed by atoms with E-state index in [2.05, 4.69) is 53.0 Å². The van der Waals surface area contributed by atoms with Crippen LogP contribution >= 0.6 is 0 Å². The molecule has 0 aromatic carbocycles. The Morgan fingerprint density at radius 3 is 1.75 bits per heavy atom. The highest BCUT2D eigenvalue weighted by Crippen LogP contribution is 2.40. The van der Waals surface area contributed by atoms with Crippen LogP contribution in [0.5, 0.6) is 0 Å². The van der Waals surface area contributed by atoms with E-state index in [4.69, 9.17) is 0 Å². The zero-order valence-electron chi connectivity index (χ0n) is 11.6. The summed E-state index contributed by atoms with van der Waals surface area (Å²) in [6.07, 6.45) is 2.26. The molecule has 0 radical (unpaired) electrons. The second-order valence-electron chi connectivity index (χ2n) is 5.40. The van der Waals surface area contributed by atoms with Gasteiger partial charge in [0.05, 0.1) is 0 Å². The highest BCUT2D eigenvalue weighted by molar-refractivity contribution is 6.90. The Bertz CT molecular complexity index is 246. The number of carbonyl (C=O) groups is 1. The molecule has 0 saturated heterocycles. The van der Waals surface area contributed by atoms with E-state index < -0.39 is 8.07 Å². The van der Waals surface area contributed by atoms with Gasteiger partial charge in [-0.05, 0) is 16.6 Å². The smallest absolute Gasteiger partial charge is 0.145 e. The van der Waals surface area contributed by atoms with E-state index in [-0.39, 0.29) is 0 Å². The van der Waals surface area contributed by atoms with Gasteiger partial charge in [0, 0.05) is 12.8 Å². The van der Waals surface area contributed by atoms with Gasteiger partial charge in [-0.3, -0.25) is 0 Å². The van der Waals surface area contributed by atoms with E-state index in [0.29, 0.717) is 23.0 Å². The number of hydrogen-bond acceptors (Lipinski definition) is 1. The number of hydrogen-bond donors (Lipinski definition) is 0. The van der Waals surface area contributed by atoms with E-state index in [0.717, 1.165) is 12.7 Å². The van der Waals surface area contributed by atoms with Gasteiger partial charge < -0.3 is 4.79 Å². The molecule has 0 N–H and O–H groups in total. The fraction of sp³-hybridized carbons (Fsp3) is 0.786. The van der Waals surface area contributed by atoms with Crippen LogP contribution in [0.3, 0.4) is 0 Å². The van der Waals surface area contributed by atoms with Crippen molar-refractivity contribution in [2.45, 2.75) is 71.0 Å². The summed E-state index contributed by atoms with van der Waals surface area (Å²) in [6.45, 7) is 13.8. The van der Waals surface area contributed by atoms with Crippen molar-refractivity contribution < 1.29 is 4.79 Å². The van der Waals surface area contributed by atoms with E-state index in [1.165, 1.54) is 0 Å². The second kappa shape index (κ2) is 6.91. The molecule has 0 bridgehead atoms. The van der Waals surface area contributed by atoms with Gasteiger partial charge in [-0.15, -0.1) is 11.5 Å². The Balaban J connectivity index is 5.02. The molecule has 0 rings (SSSR count). The zero-order chi connectivity index (χ0) is 12.8. The first kappa shape index (κ1) is 15.4. The van der Waals surface area contributed by atoms with Crippen LogP contribution in [-0.2, 0) is 4.79 Å². The SMILES string of the molecule is CC(C)[Si](C#CCCC=O)(C(C)C)C(C)C. The fourth-order valence-corrected chi connectivity index (χ4v) is 8.08. The number of unbranched alkanes of at least 4 members (excludes halogenated alkanes) is 1. The monoisotopic (exact) mass is 238 g/mol. The molecule has 0 aliphatic carbocycles. The summed E-state index contributed by atoms with van der Waals surface area (Å²) >= 11 is 0. The molecule has 0 saturated carbocycles. The van der Waals surface area contributed by atoms with Crippen molar-refractivity contribution in [3.05, 3.63) is 0 Å². The highest BCUT2D eigenvalue weighted by atomic mass is 28.3. The lowest BCUT2D eigenvalue weighted by molar-refractivity contribution is -0.107. The molecule has 0 amide bonds. The van der Waals surface area contributed by atoms with Gasteiger partial charge in [0.1, 0.15) is 14.4 Å². The average molecular weight is 238 g/mol. The van der Waals surface area contributed by atoms with Crippen LogP contribution in [0.2, 0.25) is 16.6 Å². The van der Waals surface area contributed by atoms with Crippen molar-refractivity contribution in [1.29, 1.82) is 0 Å². The number of rotatable bonds is 5. The maximum atomic E-state index is 10.3. The normalized spacial score (nSPS) is 11.8. The molecule has 0 spiro atoms. The first-order valence-electron chi connectivity index (χ1n) is 6.33. The van der Waals surface area contributed by atoms with Crippen molar-refractivity contribution in [2.75, 3.05) is 0 Å². The van der Waals surface area contributed by atoms with Crippen LogP contribution in [0, 0.1) is 11.5 Å². The molecule has 2 heteroatoms. The van der Waals surface area contributed by atoms with Crippen LogP contribution in [-0.4, -0.2) is 14.4 Å². The quantitative estimate of drug-likeness (QED) is 0.304. The minimum absolute atomic E-state index is 0.575. The van der Waals surface area contributed by atoms with Gasteiger partial charge in [-0.25, -0.2) is 0 Å². The Kier molecular flexibility index (Phi) is 6.67. The molecular weight excluding hydrogens is 212 g/mol. The van der Waals surface area contributed by atoms with Gasteiger partial charge >= 0.3 is 0 Å². The van der Waals surface area contributed by atoms with Crippen molar-refractivity contribution in [1.82, 2.24) is 0 Å². The minimum atomic E-state index is -1.55. The average Bonchev–Trinajstić information content (AvgIpc) is 2.16. The summed E-state index contributed by atoms with van der Waals surface area (Å²) in [5, 5.41) is 0.